The van der Waals surface area contributed by atoms with Crippen LogP contribution in [0.15, 0.2) is 45.7 Å². The molecular weight excluding hydrogens is 337 g/mol. The maximum atomic E-state index is 13.1. The molecule has 0 unspecified atom stereocenters. The highest BCUT2D eigenvalue weighted by atomic mass is 32.2. The Bertz CT molecular complexity index is 936. The van der Waals surface area contributed by atoms with Crippen molar-refractivity contribution in [3.05, 3.63) is 51.9 Å². The maximum Gasteiger partial charge on any atom is 0.272 e. The van der Waals surface area contributed by atoms with Gasteiger partial charge in [-0.3, -0.25) is 14.2 Å². The van der Waals surface area contributed by atoms with Gasteiger partial charge in [-0.05, 0) is 35.9 Å². The van der Waals surface area contributed by atoms with Gasteiger partial charge < -0.3 is 5.32 Å². The summed E-state index contributed by atoms with van der Waals surface area (Å²) in [6.45, 7) is -0.174. The van der Waals surface area contributed by atoms with Gasteiger partial charge in [0.1, 0.15) is 17.1 Å². The number of carbonyl (C=O) groups is 1. The molecule has 23 heavy (non-hydrogen) atoms. The Kier molecular flexibility index (Phi) is 4.44. The Morgan fingerprint density at radius 2 is 2.26 bits per heavy atom. The number of halogens is 1. The van der Waals surface area contributed by atoms with Crippen LogP contribution in [0, 0.1) is 5.82 Å². The Balaban J connectivity index is 1.90. The van der Waals surface area contributed by atoms with Crippen LogP contribution in [-0.4, -0.2) is 21.7 Å². The summed E-state index contributed by atoms with van der Waals surface area (Å²) < 4.78 is 15.0. The molecule has 0 bridgehead atoms. The van der Waals surface area contributed by atoms with E-state index in [0.29, 0.717) is 21.1 Å². The van der Waals surface area contributed by atoms with Crippen molar-refractivity contribution in [2.24, 2.45) is 0 Å². The molecule has 0 aliphatic carbocycles. The minimum atomic E-state index is -0.438. The normalized spacial score (nSPS) is 10.9. The van der Waals surface area contributed by atoms with Crippen LogP contribution in [-0.2, 0) is 11.3 Å². The molecule has 1 aromatic carbocycles. The molecule has 1 N–H and O–H groups in total. The van der Waals surface area contributed by atoms with Crippen molar-refractivity contribution in [2.45, 2.75) is 11.7 Å². The smallest absolute Gasteiger partial charge is 0.272 e. The van der Waals surface area contributed by atoms with E-state index in [1.54, 1.807) is 23.8 Å². The largest absolute Gasteiger partial charge is 0.324 e. The Labute approximate surface area is 139 Å². The van der Waals surface area contributed by atoms with Gasteiger partial charge in [-0.15, -0.1) is 11.3 Å². The summed E-state index contributed by atoms with van der Waals surface area (Å²) in [4.78, 5) is 29.0. The molecule has 0 aliphatic heterocycles. The molecule has 118 valence electrons. The summed E-state index contributed by atoms with van der Waals surface area (Å²) in [5, 5.41) is 4.84. The number of thiophene rings is 1. The second-order valence-electron chi connectivity index (χ2n) is 4.68. The third-order valence-corrected chi connectivity index (χ3v) is 4.69. The summed E-state index contributed by atoms with van der Waals surface area (Å²) >= 11 is 2.59. The van der Waals surface area contributed by atoms with Gasteiger partial charge in [0.2, 0.25) is 5.91 Å². The van der Waals surface area contributed by atoms with E-state index in [4.69, 9.17) is 0 Å². The quantitative estimate of drug-likeness (QED) is 0.581. The van der Waals surface area contributed by atoms with E-state index in [1.165, 1.54) is 45.9 Å². The number of fused-ring (bicyclic) bond motifs is 1. The summed E-state index contributed by atoms with van der Waals surface area (Å²) in [7, 11) is 0. The number of nitrogens with one attached hydrogen (secondary N) is 1. The highest BCUT2D eigenvalue weighted by Crippen LogP contribution is 2.19. The molecule has 1 amide bonds. The SMILES string of the molecule is CSc1nc2ccsc2c(=O)n1CC(=O)Nc1cccc(F)c1. The number of rotatable bonds is 4. The third-order valence-electron chi connectivity index (χ3n) is 3.12. The molecule has 0 radical (unpaired) electrons. The molecule has 0 spiro atoms. The van der Waals surface area contributed by atoms with Crippen LogP contribution in [0.4, 0.5) is 10.1 Å². The van der Waals surface area contributed by atoms with Gasteiger partial charge >= 0.3 is 0 Å². The summed E-state index contributed by atoms with van der Waals surface area (Å²) in [6, 6.07) is 7.37. The van der Waals surface area contributed by atoms with E-state index in [2.05, 4.69) is 10.3 Å². The van der Waals surface area contributed by atoms with Crippen LogP contribution in [0.2, 0.25) is 0 Å². The third kappa shape index (κ3) is 3.27. The van der Waals surface area contributed by atoms with Crippen molar-refractivity contribution in [3.8, 4) is 0 Å². The zero-order chi connectivity index (χ0) is 16.4. The highest BCUT2D eigenvalue weighted by Gasteiger charge is 2.14. The molecule has 3 rings (SSSR count). The molecule has 0 saturated heterocycles. The molecule has 0 fully saturated rings. The number of nitrogens with zero attached hydrogens (tertiary/aromatic N) is 2. The average molecular weight is 349 g/mol. The van der Waals surface area contributed by atoms with Gasteiger partial charge in [0.25, 0.3) is 5.56 Å². The Morgan fingerprint density at radius 3 is 3.00 bits per heavy atom. The topological polar surface area (TPSA) is 64.0 Å². The van der Waals surface area contributed by atoms with E-state index in [1.807, 2.05) is 0 Å². The number of hydrogen-bond donors (Lipinski definition) is 1. The number of hydrogen-bond acceptors (Lipinski definition) is 5. The molecule has 2 heterocycles. The molecule has 0 aliphatic rings. The second kappa shape index (κ2) is 6.51. The first-order chi connectivity index (χ1) is 11.1. The van der Waals surface area contributed by atoms with Crippen molar-refractivity contribution in [1.29, 1.82) is 0 Å². The first kappa shape index (κ1) is 15.7. The van der Waals surface area contributed by atoms with Crippen LogP contribution < -0.4 is 10.9 Å². The lowest BCUT2D eigenvalue weighted by molar-refractivity contribution is -0.116. The van der Waals surface area contributed by atoms with Crippen LogP contribution in [0.25, 0.3) is 10.2 Å². The summed E-state index contributed by atoms with van der Waals surface area (Å²) in [5.41, 5.74) is 0.730. The summed E-state index contributed by atoms with van der Waals surface area (Å²) in [6.07, 6.45) is 1.79. The number of amides is 1. The number of benzene rings is 1. The minimum absolute atomic E-state index is 0.174. The number of aromatic nitrogens is 2. The van der Waals surface area contributed by atoms with E-state index in [0.717, 1.165) is 0 Å². The monoisotopic (exact) mass is 349 g/mol. The van der Waals surface area contributed by atoms with Crippen LogP contribution in [0.5, 0.6) is 0 Å². The van der Waals surface area contributed by atoms with Gasteiger partial charge in [0.15, 0.2) is 5.16 Å². The van der Waals surface area contributed by atoms with Crippen molar-refractivity contribution < 1.29 is 9.18 Å². The van der Waals surface area contributed by atoms with Gasteiger partial charge in [-0.2, -0.15) is 0 Å². The van der Waals surface area contributed by atoms with Gasteiger partial charge in [0.05, 0.1) is 5.52 Å². The Morgan fingerprint density at radius 1 is 1.43 bits per heavy atom. The van der Waals surface area contributed by atoms with Crippen molar-refractivity contribution in [1.82, 2.24) is 9.55 Å². The molecule has 0 saturated carbocycles. The first-order valence-corrected chi connectivity index (χ1v) is 8.76. The molecule has 2 aromatic heterocycles. The highest BCUT2D eigenvalue weighted by molar-refractivity contribution is 7.98. The first-order valence-electron chi connectivity index (χ1n) is 6.66. The molecule has 3 aromatic rings. The fourth-order valence-electron chi connectivity index (χ4n) is 2.13. The van der Waals surface area contributed by atoms with Gasteiger partial charge in [-0.1, -0.05) is 17.8 Å². The Hall–Kier alpha value is -2.19. The predicted octanol–water partition coefficient (Wildman–Crippen LogP) is 2.96. The summed E-state index contributed by atoms with van der Waals surface area (Å²) in [5.74, 6) is -0.850. The lowest BCUT2D eigenvalue weighted by atomic mass is 10.3. The average Bonchev–Trinajstić information content (AvgIpc) is 2.98. The lowest BCUT2D eigenvalue weighted by Crippen LogP contribution is -2.29. The second-order valence-corrected chi connectivity index (χ2v) is 6.37. The van der Waals surface area contributed by atoms with Gasteiger partial charge in [-0.25, -0.2) is 9.37 Å². The maximum absolute atomic E-state index is 13.1. The molecule has 0 atom stereocenters. The predicted molar refractivity (Wildman–Crippen MR) is 90.7 cm³/mol. The van der Waals surface area contributed by atoms with Gasteiger partial charge in [0, 0.05) is 5.69 Å². The van der Waals surface area contributed by atoms with Crippen LogP contribution in [0.3, 0.4) is 0 Å². The van der Waals surface area contributed by atoms with E-state index in [9.17, 15) is 14.0 Å². The number of carbonyl (C=O) groups excluding carboxylic acids is 1. The van der Waals surface area contributed by atoms with Crippen LogP contribution >= 0.6 is 23.1 Å². The van der Waals surface area contributed by atoms with Crippen molar-refractivity contribution in [3.63, 3.8) is 0 Å². The van der Waals surface area contributed by atoms with E-state index in [-0.39, 0.29) is 12.1 Å². The van der Waals surface area contributed by atoms with E-state index >= 15 is 0 Å². The van der Waals surface area contributed by atoms with Crippen molar-refractivity contribution >= 4 is 44.9 Å². The fourth-order valence-corrected chi connectivity index (χ4v) is 3.46. The molecule has 8 heteroatoms. The standard InChI is InChI=1S/C15H12FN3O2S2/c1-22-15-18-11-5-6-23-13(11)14(21)19(15)8-12(20)17-10-4-2-3-9(16)7-10/h2-7H,8H2,1H3,(H,17,20). The number of thioether (sulfide) groups is 1. The number of anilines is 1. The van der Waals surface area contributed by atoms with Crippen LogP contribution in [0.1, 0.15) is 0 Å². The molecular formula is C15H12FN3O2S2. The minimum Gasteiger partial charge on any atom is -0.324 e. The van der Waals surface area contributed by atoms with E-state index < -0.39 is 11.7 Å². The zero-order valence-corrected chi connectivity index (χ0v) is 13.7. The lowest BCUT2D eigenvalue weighted by Gasteiger charge is -2.11. The van der Waals surface area contributed by atoms with Crippen molar-refractivity contribution in [2.75, 3.05) is 11.6 Å². The molecule has 5 nitrogen and oxygen atoms in total. The zero-order valence-electron chi connectivity index (χ0n) is 12.1. The fraction of sp³-hybridized carbons (Fsp3) is 0.133.